The molecule has 1 saturated carbocycles. The summed E-state index contributed by atoms with van der Waals surface area (Å²) in [5.74, 6) is 0. The van der Waals surface area contributed by atoms with Gasteiger partial charge in [-0.25, -0.2) is 0 Å². The maximum Gasteiger partial charge on any atom is 0.0223 e. The lowest BCUT2D eigenvalue weighted by Gasteiger charge is -1.97. The third kappa shape index (κ3) is 1.84. The zero-order chi connectivity index (χ0) is 7.68. The van der Waals surface area contributed by atoms with Gasteiger partial charge in [0.1, 0.15) is 0 Å². The quantitative estimate of drug-likeness (QED) is 0.686. The molecule has 1 aliphatic rings. The van der Waals surface area contributed by atoms with Crippen molar-refractivity contribution in [3.05, 3.63) is 24.0 Å². The minimum Gasteiger partial charge on any atom is -0.357 e. The zero-order valence-corrected chi connectivity index (χ0v) is 6.88. The molecular formula is C9H14N2. The highest BCUT2D eigenvalue weighted by Gasteiger charge is 2.19. The average Bonchev–Trinajstić information content (AvgIpc) is 2.72. The Balaban J connectivity index is 1.85. The van der Waals surface area contributed by atoms with Crippen LogP contribution in [0.2, 0.25) is 0 Å². The number of hydrogen-bond acceptors (Lipinski definition) is 1. The molecule has 1 fully saturated rings. The fraction of sp³-hybridized carbons (Fsp3) is 0.556. The first-order chi connectivity index (χ1) is 5.34. The second kappa shape index (κ2) is 2.70. The molecule has 2 nitrogen and oxygen atoms in total. The van der Waals surface area contributed by atoms with Gasteiger partial charge in [0.15, 0.2) is 0 Å². The van der Waals surface area contributed by atoms with Gasteiger partial charge in [-0.1, -0.05) is 0 Å². The van der Waals surface area contributed by atoms with Gasteiger partial charge in [0.2, 0.25) is 0 Å². The molecule has 60 valence electrons. The van der Waals surface area contributed by atoms with Crippen molar-refractivity contribution in [1.82, 2.24) is 9.88 Å². The minimum atomic E-state index is 0.815. The second-order valence-electron chi connectivity index (χ2n) is 3.34. The van der Waals surface area contributed by atoms with Gasteiger partial charge >= 0.3 is 0 Å². The maximum absolute atomic E-state index is 3.47. The van der Waals surface area contributed by atoms with Crippen LogP contribution in [0.25, 0.3) is 0 Å². The predicted octanol–water partition coefficient (Wildman–Crippen LogP) is 1.28. The van der Waals surface area contributed by atoms with Crippen molar-refractivity contribution >= 4 is 0 Å². The lowest BCUT2D eigenvalue weighted by atomic mass is 10.3. The Morgan fingerprint density at radius 3 is 3.00 bits per heavy atom. The first-order valence-corrected chi connectivity index (χ1v) is 4.19. The molecule has 0 unspecified atom stereocenters. The van der Waals surface area contributed by atoms with Gasteiger partial charge in [0.05, 0.1) is 0 Å². The standard InChI is InChI=1S/C9H14N2/c1-11-5-4-8(7-11)6-10-9-2-3-9/h4-5,7,9-10H,2-3,6H2,1H3. The minimum absolute atomic E-state index is 0.815. The Morgan fingerprint density at radius 1 is 1.64 bits per heavy atom. The highest BCUT2D eigenvalue weighted by molar-refractivity contribution is 5.09. The molecule has 0 radical (unpaired) electrons. The van der Waals surface area contributed by atoms with Crippen molar-refractivity contribution in [3.63, 3.8) is 0 Å². The van der Waals surface area contributed by atoms with Crippen molar-refractivity contribution in [3.8, 4) is 0 Å². The summed E-state index contributed by atoms with van der Waals surface area (Å²) in [6, 6.07) is 2.98. The summed E-state index contributed by atoms with van der Waals surface area (Å²) in [6.07, 6.45) is 6.99. The number of aromatic nitrogens is 1. The van der Waals surface area contributed by atoms with Crippen LogP contribution in [-0.2, 0) is 13.6 Å². The van der Waals surface area contributed by atoms with E-state index in [2.05, 4.69) is 35.4 Å². The molecule has 1 N–H and O–H groups in total. The molecule has 1 heterocycles. The molecule has 0 spiro atoms. The van der Waals surface area contributed by atoms with E-state index in [1.807, 2.05) is 0 Å². The Kier molecular flexibility index (Phi) is 1.70. The Bertz CT molecular complexity index is 235. The van der Waals surface area contributed by atoms with Crippen LogP contribution in [-0.4, -0.2) is 10.6 Å². The topological polar surface area (TPSA) is 17.0 Å². The zero-order valence-electron chi connectivity index (χ0n) is 6.88. The van der Waals surface area contributed by atoms with E-state index in [0.29, 0.717) is 0 Å². The summed E-state index contributed by atoms with van der Waals surface area (Å²) < 4.78 is 2.09. The molecule has 0 bridgehead atoms. The molecule has 1 aliphatic carbocycles. The molecule has 11 heavy (non-hydrogen) atoms. The first kappa shape index (κ1) is 6.92. The number of hydrogen-bond donors (Lipinski definition) is 1. The summed E-state index contributed by atoms with van der Waals surface area (Å²) >= 11 is 0. The van der Waals surface area contributed by atoms with Crippen LogP contribution >= 0.6 is 0 Å². The van der Waals surface area contributed by atoms with Crippen LogP contribution in [0.5, 0.6) is 0 Å². The summed E-state index contributed by atoms with van der Waals surface area (Å²) in [5, 5.41) is 3.47. The molecular weight excluding hydrogens is 136 g/mol. The lowest BCUT2D eigenvalue weighted by molar-refractivity contribution is 0.686. The largest absolute Gasteiger partial charge is 0.357 e. The maximum atomic E-state index is 3.47. The lowest BCUT2D eigenvalue weighted by Crippen LogP contribution is -2.14. The highest BCUT2D eigenvalue weighted by Crippen LogP contribution is 2.19. The van der Waals surface area contributed by atoms with E-state index < -0.39 is 0 Å². The van der Waals surface area contributed by atoms with Crippen LogP contribution in [0.15, 0.2) is 18.5 Å². The van der Waals surface area contributed by atoms with E-state index in [0.717, 1.165) is 12.6 Å². The van der Waals surface area contributed by atoms with Crippen molar-refractivity contribution in [2.24, 2.45) is 7.05 Å². The van der Waals surface area contributed by atoms with Crippen molar-refractivity contribution in [2.45, 2.75) is 25.4 Å². The SMILES string of the molecule is Cn1ccc(CNC2CC2)c1. The fourth-order valence-corrected chi connectivity index (χ4v) is 1.22. The van der Waals surface area contributed by atoms with Crippen molar-refractivity contribution in [2.75, 3.05) is 0 Å². The Morgan fingerprint density at radius 2 is 2.45 bits per heavy atom. The van der Waals surface area contributed by atoms with Gasteiger partial charge in [-0.2, -0.15) is 0 Å². The van der Waals surface area contributed by atoms with E-state index in [9.17, 15) is 0 Å². The molecule has 1 aromatic rings. The number of rotatable bonds is 3. The smallest absolute Gasteiger partial charge is 0.0223 e. The van der Waals surface area contributed by atoms with E-state index in [1.165, 1.54) is 18.4 Å². The number of nitrogens with one attached hydrogen (secondary N) is 1. The van der Waals surface area contributed by atoms with Gasteiger partial charge in [-0.3, -0.25) is 0 Å². The monoisotopic (exact) mass is 150 g/mol. The number of nitrogens with zero attached hydrogens (tertiary/aromatic N) is 1. The second-order valence-corrected chi connectivity index (χ2v) is 3.34. The summed E-state index contributed by atoms with van der Waals surface area (Å²) in [4.78, 5) is 0. The third-order valence-corrected chi connectivity index (χ3v) is 2.07. The molecule has 0 amide bonds. The van der Waals surface area contributed by atoms with E-state index in [-0.39, 0.29) is 0 Å². The van der Waals surface area contributed by atoms with E-state index in [4.69, 9.17) is 0 Å². The molecule has 0 atom stereocenters. The van der Waals surface area contributed by atoms with Crippen molar-refractivity contribution < 1.29 is 0 Å². The summed E-state index contributed by atoms with van der Waals surface area (Å²) in [7, 11) is 2.06. The van der Waals surface area contributed by atoms with Crippen LogP contribution in [0.4, 0.5) is 0 Å². The van der Waals surface area contributed by atoms with Gasteiger partial charge in [0.25, 0.3) is 0 Å². The van der Waals surface area contributed by atoms with Gasteiger partial charge in [-0.15, -0.1) is 0 Å². The Labute approximate surface area is 67.2 Å². The molecule has 1 aromatic heterocycles. The van der Waals surface area contributed by atoms with Gasteiger partial charge in [0, 0.05) is 32.0 Å². The van der Waals surface area contributed by atoms with E-state index in [1.54, 1.807) is 0 Å². The number of aryl methyl sites for hydroxylation is 1. The summed E-state index contributed by atoms with van der Waals surface area (Å²) in [6.45, 7) is 1.03. The van der Waals surface area contributed by atoms with Crippen molar-refractivity contribution in [1.29, 1.82) is 0 Å². The van der Waals surface area contributed by atoms with Crippen LogP contribution in [0.1, 0.15) is 18.4 Å². The van der Waals surface area contributed by atoms with Crippen LogP contribution < -0.4 is 5.32 Å². The van der Waals surface area contributed by atoms with Crippen LogP contribution in [0, 0.1) is 0 Å². The molecule has 2 heteroatoms. The molecule has 0 saturated heterocycles. The predicted molar refractivity (Wildman–Crippen MR) is 45.3 cm³/mol. The normalized spacial score (nSPS) is 17.2. The first-order valence-electron chi connectivity index (χ1n) is 4.19. The third-order valence-electron chi connectivity index (χ3n) is 2.07. The summed E-state index contributed by atoms with van der Waals surface area (Å²) in [5.41, 5.74) is 1.39. The van der Waals surface area contributed by atoms with Gasteiger partial charge in [-0.05, 0) is 24.5 Å². The fourth-order valence-electron chi connectivity index (χ4n) is 1.22. The van der Waals surface area contributed by atoms with Crippen LogP contribution in [0.3, 0.4) is 0 Å². The van der Waals surface area contributed by atoms with Gasteiger partial charge < -0.3 is 9.88 Å². The molecule has 0 aliphatic heterocycles. The average molecular weight is 150 g/mol. The molecule has 2 rings (SSSR count). The molecule has 0 aromatic carbocycles. The highest BCUT2D eigenvalue weighted by atomic mass is 15.0. The van der Waals surface area contributed by atoms with E-state index >= 15 is 0 Å². The Hall–Kier alpha value is -0.760.